The minimum absolute atomic E-state index is 0. The Morgan fingerprint density at radius 3 is 0.263 bits per heavy atom. The van der Waals surface area contributed by atoms with Gasteiger partial charge in [0, 0.05) is 0 Å². The van der Waals surface area contributed by atoms with Gasteiger partial charge in [0.2, 0.25) is 0 Å². The number of hydrogen-bond acceptors (Lipinski definition) is 12. The topological polar surface area (TPSA) is 277 Å². The average molecular weight is 812 g/mol. The van der Waals surface area contributed by atoms with Crippen LogP contribution in [0.2, 0.25) is 0 Å². The summed E-state index contributed by atoms with van der Waals surface area (Å²) < 4.78 is 0. The number of rotatable bonds is 0. The van der Waals surface area contributed by atoms with Crippen LogP contribution in [0.15, 0.2) is 0 Å². The fourth-order valence-electron chi connectivity index (χ4n) is 0. The molecule has 0 aromatic rings. The summed E-state index contributed by atoms with van der Waals surface area (Å²) in [4.78, 5) is 0. The third-order valence-electron chi connectivity index (χ3n) is 0. The zero-order valence-electron chi connectivity index (χ0n) is 8.21. The van der Waals surface area contributed by atoms with Crippen LogP contribution >= 0.6 is 0 Å². The van der Waals surface area contributed by atoms with Gasteiger partial charge in [0.15, 0.2) is 0 Å². The molecule has 0 heterocycles. The monoisotopic (exact) mass is 815 g/mol. The van der Waals surface area contributed by atoms with E-state index in [9.17, 15) is 0 Å². The van der Waals surface area contributed by atoms with Gasteiger partial charge in [0.1, 0.15) is 0 Å². The van der Waals surface area contributed by atoms with Crippen LogP contribution in [-0.4, -0.2) is 29.3 Å². The first-order chi connectivity index (χ1) is 6.93. The fourth-order valence-corrected chi connectivity index (χ4v) is 0. The van der Waals surface area contributed by atoms with Crippen molar-refractivity contribution in [3.63, 3.8) is 0 Å². The molecule has 12 nitrogen and oxygen atoms in total. The van der Waals surface area contributed by atoms with Gasteiger partial charge in [-0.25, -0.2) is 0 Å². The molecular formula is B4Ir3O12. The summed E-state index contributed by atoms with van der Waals surface area (Å²) >= 11 is 0. The van der Waals surface area contributed by atoms with Crippen LogP contribution in [0.25, 0.3) is 0 Å². The molecule has 0 spiro atoms. The van der Waals surface area contributed by atoms with E-state index in [-0.39, 0.29) is 60.3 Å². The van der Waals surface area contributed by atoms with Crippen molar-refractivity contribution in [2.75, 3.05) is 0 Å². The van der Waals surface area contributed by atoms with Crippen LogP contribution in [0.5, 0.6) is 0 Å². The molecule has 0 saturated heterocycles. The Labute approximate surface area is 149 Å². The van der Waals surface area contributed by atoms with Gasteiger partial charge in [0.05, 0.1) is 0 Å². The number of hydrogen-bond donors (Lipinski definition) is 0. The minimum atomic E-state index is -2.92. The zero-order valence-corrected chi connectivity index (χ0v) is 15.4. The second-order valence-electron chi connectivity index (χ2n) is 1.15. The summed E-state index contributed by atoms with van der Waals surface area (Å²) in [6, 6.07) is 0. The molecule has 0 aliphatic carbocycles. The molecule has 19 heteroatoms. The molecule has 0 N–H and O–H groups in total. The molecule has 0 amide bonds. The second-order valence-corrected chi connectivity index (χ2v) is 1.15. The van der Waals surface area contributed by atoms with Crippen molar-refractivity contribution in [3.05, 3.63) is 0 Å². The molecule has 111 valence electrons. The first-order valence-electron chi connectivity index (χ1n) is 2.83. The van der Waals surface area contributed by atoms with Crippen molar-refractivity contribution in [1.82, 2.24) is 0 Å². The van der Waals surface area contributed by atoms with E-state index >= 15 is 0 Å². The van der Waals surface area contributed by atoms with E-state index in [1.807, 2.05) is 0 Å². The maximum atomic E-state index is 8.42. The third-order valence-corrected chi connectivity index (χ3v) is 0. The van der Waals surface area contributed by atoms with Crippen molar-refractivity contribution in [1.29, 1.82) is 0 Å². The maximum absolute atomic E-state index is 8.42. The van der Waals surface area contributed by atoms with Crippen molar-refractivity contribution in [2.24, 2.45) is 0 Å². The maximum Gasteiger partial charge on any atom is 4.00 e. The van der Waals surface area contributed by atoms with E-state index in [0.717, 1.165) is 0 Å². The van der Waals surface area contributed by atoms with E-state index in [1.165, 1.54) is 0 Å². The normalized spacial score (nSPS) is 5.68. The first-order valence-corrected chi connectivity index (χ1v) is 2.83. The van der Waals surface area contributed by atoms with Crippen molar-refractivity contribution < 1.29 is 121 Å². The molecule has 3 radical (unpaired) electrons. The van der Waals surface area contributed by atoms with Crippen LogP contribution in [0.1, 0.15) is 0 Å². The largest absolute Gasteiger partial charge is 4.00 e. The molecule has 0 atom stereocenters. The Morgan fingerprint density at radius 1 is 0.263 bits per heavy atom. The Kier molecular flexibility index (Phi) is 82.7. The van der Waals surface area contributed by atoms with E-state index in [1.54, 1.807) is 0 Å². The van der Waals surface area contributed by atoms with Crippen LogP contribution in [-0.2, 0) is 60.3 Å². The molecule has 0 unspecified atom stereocenters. The summed E-state index contributed by atoms with van der Waals surface area (Å²) in [6.45, 7) is 0. The molecule has 0 aromatic heterocycles. The second kappa shape index (κ2) is 36.7. The molecule has 0 bridgehead atoms. The van der Waals surface area contributed by atoms with Crippen LogP contribution < -0.4 is 60.3 Å². The van der Waals surface area contributed by atoms with E-state index in [2.05, 4.69) is 0 Å². The average Bonchev–Trinajstić information content (AvgIpc) is 1.76. The zero-order chi connectivity index (χ0) is 14.3. The summed E-state index contributed by atoms with van der Waals surface area (Å²) in [7, 11) is -11.7. The van der Waals surface area contributed by atoms with E-state index in [0.29, 0.717) is 0 Å². The summed E-state index contributed by atoms with van der Waals surface area (Å²) in [6.07, 6.45) is 0. The Morgan fingerprint density at radius 2 is 0.263 bits per heavy atom. The molecule has 19 heavy (non-hydrogen) atoms. The van der Waals surface area contributed by atoms with Gasteiger partial charge in [-0.2, -0.15) is 0 Å². The van der Waals surface area contributed by atoms with Gasteiger partial charge < -0.3 is 60.3 Å². The summed E-state index contributed by atoms with van der Waals surface area (Å²) in [5, 5.41) is 101. The quantitative estimate of drug-likeness (QED) is 0.206. The predicted molar refractivity (Wildman–Crippen MR) is 23.0 cm³/mol. The molecule has 0 aromatic carbocycles. The van der Waals surface area contributed by atoms with Crippen molar-refractivity contribution in [3.8, 4) is 0 Å². The van der Waals surface area contributed by atoms with Gasteiger partial charge in [-0.05, 0) is 0 Å². The predicted octanol–water partition coefficient (Wildman–Crippen LogP) is -15.8. The summed E-state index contributed by atoms with van der Waals surface area (Å²) in [5.41, 5.74) is 0. The van der Waals surface area contributed by atoms with Gasteiger partial charge in [-0.1, -0.05) is 0 Å². The Bertz CT molecular complexity index is 68.0. The van der Waals surface area contributed by atoms with Gasteiger partial charge in [-0.15, -0.1) is 0 Å². The van der Waals surface area contributed by atoms with Gasteiger partial charge in [-0.3, -0.25) is 29.3 Å². The van der Waals surface area contributed by atoms with Crippen LogP contribution in [0.3, 0.4) is 0 Å². The van der Waals surface area contributed by atoms with E-state index < -0.39 is 29.3 Å². The molecule has 0 aliphatic rings. The van der Waals surface area contributed by atoms with Crippen molar-refractivity contribution >= 4 is 29.3 Å². The van der Waals surface area contributed by atoms with Gasteiger partial charge >= 0.3 is 60.3 Å². The third kappa shape index (κ3) is 2080. The Balaban J connectivity index is -0.0000000192. The fraction of sp³-hybridized carbons (Fsp3) is 0. The van der Waals surface area contributed by atoms with Crippen molar-refractivity contribution in [2.45, 2.75) is 0 Å². The molecule has 0 rings (SSSR count). The first kappa shape index (κ1) is 42.8. The summed E-state index contributed by atoms with van der Waals surface area (Å²) in [5.74, 6) is 0. The van der Waals surface area contributed by atoms with Crippen LogP contribution in [0, 0.1) is 0 Å². The van der Waals surface area contributed by atoms with Gasteiger partial charge in [0.25, 0.3) is 0 Å². The smallest absolute Gasteiger partial charge is 0.907 e. The standard InChI is InChI=1S/4BO3.3Ir/c4*2-1(3)4;;;/q4*-3;3*+4. The molecule has 0 aliphatic heterocycles. The molecule has 0 fully saturated rings. The molecular weight excluding hydrogens is 812 g/mol. The SMILES string of the molecule is [Ir+4].[Ir+4].[Ir+4].[O-]B([O-])[O-].[O-]B([O-])[O-].[O-]B([O-])[O-].[O-]B([O-])[O-]. The van der Waals surface area contributed by atoms with E-state index in [4.69, 9.17) is 60.3 Å². The minimum Gasteiger partial charge on any atom is -0.907 e. The molecule has 0 saturated carbocycles. The van der Waals surface area contributed by atoms with Crippen LogP contribution in [0.4, 0.5) is 0 Å². The Hall–Kier alpha value is 1.73.